The number of hydrogen-bond donors (Lipinski definition) is 1. The Hall–Kier alpha value is -2.14. The van der Waals surface area contributed by atoms with Crippen LogP contribution in [0.5, 0.6) is 0 Å². The Morgan fingerprint density at radius 2 is 1.95 bits per heavy atom. The highest BCUT2D eigenvalue weighted by Gasteiger charge is 2.27. The number of amides is 1. The Labute approximate surface area is 111 Å². The van der Waals surface area contributed by atoms with E-state index in [1.807, 2.05) is 30.3 Å². The van der Waals surface area contributed by atoms with Gasteiger partial charge in [0.2, 0.25) is 0 Å². The number of carbonyl (C=O) groups is 1. The van der Waals surface area contributed by atoms with Crippen LogP contribution in [0.2, 0.25) is 0 Å². The highest BCUT2D eigenvalue weighted by Crippen LogP contribution is 2.29. The van der Waals surface area contributed by atoms with Gasteiger partial charge in [-0.2, -0.15) is 0 Å². The number of aliphatic hydroxyl groups excluding tert-OH is 1. The summed E-state index contributed by atoms with van der Waals surface area (Å²) < 4.78 is 5.14. The van der Waals surface area contributed by atoms with E-state index in [1.165, 1.54) is 4.90 Å². The van der Waals surface area contributed by atoms with Crippen molar-refractivity contribution < 1.29 is 14.4 Å². The molecule has 2 aromatic rings. The molecule has 2 rings (SSSR count). The Bertz CT molecular complexity index is 574. The Kier molecular flexibility index (Phi) is 3.66. The molecule has 0 unspecified atom stereocenters. The van der Waals surface area contributed by atoms with Gasteiger partial charge in [-0.1, -0.05) is 35.5 Å². The van der Waals surface area contributed by atoms with Crippen molar-refractivity contribution in [2.45, 2.75) is 13.0 Å². The maximum Gasteiger partial charge on any atom is 0.259 e. The van der Waals surface area contributed by atoms with Crippen LogP contribution >= 0.6 is 0 Å². The highest BCUT2D eigenvalue weighted by molar-refractivity contribution is 6.00. The standard InChI is InChI=1S/C14H16N2O3/c1-9(17)13-11(14(18)16(2)3)12(15-19-13)10-7-5-4-6-8-10/h4-9,17H,1-3H3/t9-/m0/s1. The average Bonchev–Trinajstić information content (AvgIpc) is 2.83. The molecule has 0 bridgehead atoms. The van der Waals surface area contributed by atoms with E-state index in [-0.39, 0.29) is 11.7 Å². The van der Waals surface area contributed by atoms with Gasteiger partial charge in [-0.25, -0.2) is 0 Å². The van der Waals surface area contributed by atoms with E-state index in [0.717, 1.165) is 5.56 Å². The first-order valence-corrected chi connectivity index (χ1v) is 5.97. The molecule has 5 nitrogen and oxygen atoms in total. The second kappa shape index (κ2) is 5.24. The van der Waals surface area contributed by atoms with Gasteiger partial charge in [0.05, 0.1) is 0 Å². The molecule has 100 valence electrons. The van der Waals surface area contributed by atoms with Gasteiger partial charge in [0.25, 0.3) is 5.91 Å². The Balaban J connectivity index is 2.60. The normalized spacial score (nSPS) is 12.2. The van der Waals surface area contributed by atoms with Gasteiger partial charge in [0, 0.05) is 19.7 Å². The monoisotopic (exact) mass is 260 g/mol. The summed E-state index contributed by atoms with van der Waals surface area (Å²) in [6, 6.07) is 9.28. The van der Waals surface area contributed by atoms with E-state index in [1.54, 1.807) is 21.0 Å². The van der Waals surface area contributed by atoms with Gasteiger partial charge in [0.1, 0.15) is 17.4 Å². The summed E-state index contributed by atoms with van der Waals surface area (Å²) in [6.07, 6.45) is -0.885. The second-order valence-electron chi connectivity index (χ2n) is 4.51. The smallest absolute Gasteiger partial charge is 0.259 e. The summed E-state index contributed by atoms with van der Waals surface area (Å²) in [5.74, 6) is -0.0476. The van der Waals surface area contributed by atoms with Crippen molar-refractivity contribution in [2.75, 3.05) is 14.1 Å². The molecule has 0 saturated heterocycles. The first-order chi connectivity index (χ1) is 9.02. The molecule has 0 fully saturated rings. The van der Waals surface area contributed by atoms with E-state index in [4.69, 9.17) is 4.52 Å². The van der Waals surface area contributed by atoms with Crippen molar-refractivity contribution in [3.8, 4) is 11.3 Å². The third-order valence-corrected chi connectivity index (χ3v) is 2.77. The van der Waals surface area contributed by atoms with Gasteiger partial charge >= 0.3 is 0 Å². The highest BCUT2D eigenvalue weighted by atomic mass is 16.5. The summed E-state index contributed by atoms with van der Waals surface area (Å²) in [5, 5.41) is 13.6. The third-order valence-electron chi connectivity index (χ3n) is 2.77. The molecule has 1 amide bonds. The van der Waals surface area contributed by atoms with Crippen LogP contribution in [0.3, 0.4) is 0 Å². The molecular weight excluding hydrogens is 244 g/mol. The second-order valence-corrected chi connectivity index (χ2v) is 4.51. The number of aromatic nitrogens is 1. The van der Waals surface area contributed by atoms with E-state index >= 15 is 0 Å². The lowest BCUT2D eigenvalue weighted by Gasteiger charge is -2.11. The predicted octanol–water partition coefficient (Wildman–Crippen LogP) is 2.10. The lowest BCUT2D eigenvalue weighted by atomic mass is 10.0. The van der Waals surface area contributed by atoms with Gasteiger partial charge in [-0.15, -0.1) is 0 Å². The van der Waals surface area contributed by atoms with Crippen LogP contribution in [0.4, 0.5) is 0 Å². The number of hydrogen-bond acceptors (Lipinski definition) is 4. The molecule has 1 N–H and O–H groups in total. The van der Waals surface area contributed by atoms with Crippen LogP contribution < -0.4 is 0 Å². The van der Waals surface area contributed by atoms with Gasteiger partial charge in [0.15, 0.2) is 5.76 Å². The fraction of sp³-hybridized carbons (Fsp3) is 0.286. The summed E-state index contributed by atoms with van der Waals surface area (Å²) >= 11 is 0. The van der Waals surface area contributed by atoms with Crippen LogP contribution in [-0.4, -0.2) is 35.2 Å². The Morgan fingerprint density at radius 3 is 2.47 bits per heavy atom. The first-order valence-electron chi connectivity index (χ1n) is 5.97. The van der Waals surface area contributed by atoms with Crippen LogP contribution in [0.25, 0.3) is 11.3 Å². The molecule has 1 aromatic carbocycles. The summed E-state index contributed by atoms with van der Waals surface area (Å²) in [7, 11) is 3.30. The van der Waals surface area contributed by atoms with Crippen molar-refractivity contribution in [2.24, 2.45) is 0 Å². The zero-order valence-electron chi connectivity index (χ0n) is 11.1. The predicted molar refractivity (Wildman–Crippen MR) is 70.6 cm³/mol. The molecule has 19 heavy (non-hydrogen) atoms. The largest absolute Gasteiger partial charge is 0.385 e. The van der Waals surface area contributed by atoms with E-state index in [9.17, 15) is 9.90 Å². The molecule has 0 aliphatic heterocycles. The fourth-order valence-corrected chi connectivity index (χ4v) is 1.81. The van der Waals surface area contributed by atoms with Crippen LogP contribution in [0, 0.1) is 0 Å². The molecule has 0 aliphatic rings. The van der Waals surface area contributed by atoms with Crippen molar-refractivity contribution in [3.05, 3.63) is 41.7 Å². The third kappa shape index (κ3) is 2.51. The number of carbonyl (C=O) groups excluding carboxylic acids is 1. The van der Waals surface area contributed by atoms with Crippen molar-refractivity contribution in [1.82, 2.24) is 10.1 Å². The summed E-state index contributed by atoms with van der Waals surface area (Å²) in [6.45, 7) is 1.54. The zero-order valence-corrected chi connectivity index (χ0v) is 11.1. The van der Waals surface area contributed by atoms with Crippen LogP contribution in [0.15, 0.2) is 34.9 Å². The maximum absolute atomic E-state index is 12.2. The van der Waals surface area contributed by atoms with Crippen LogP contribution in [-0.2, 0) is 0 Å². The van der Waals surface area contributed by atoms with Crippen molar-refractivity contribution in [3.63, 3.8) is 0 Å². The SMILES string of the molecule is C[C@H](O)c1onc(-c2ccccc2)c1C(=O)N(C)C. The van der Waals surface area contributed by atoms with Crippen LogP contribution in [0.1, 0.15) is 29.1 Å². The topological polar surface area (TPSA) is 66.6 Å². The summed E-state index contributed by atoms with van der Waals surface area (Å²) in [4.78, 5) is 13.7. The van der Waals surface area contributed by atoms with Gasteiger partial charge < -0.3 is 14.5 Å². The molecule has 0 radical (unpaired) electrons. The molecule has 1 aromatic heterocycles. The lowest BCUT2D eigenvalue weighted by molar-refractivity contribution is 0.0815. The van der Waals surface area contributed by atoms with Crippen molar-refractivity contribution in [1.29, 1.82) is 0 Å². The van der Waals surface area contributed by atoms with E-state index < -0.39 is 6.10 Å². The molecule has 0 spiro atoms. The zero-order chi connectivity index (χ0) is 14.0. The summed E-state index contributed by atoms with van der Waals surface area (Å²) in [5.41, 5.74) is 1.55. The minimum atomic E-state index is -0.885. The van der Waals surface area contributed by atoms with Gasteiger partial charge in [-0.3, -0.25) is 4.79 Å². The molecule has 0 saturated carbocycles. The van der Waals surface area contributed by atoms with E-state index in [2.05, 4.69) is 5.16 Å². The van der Waals surface area contributed by atoms with E-state index in [0.29, 0.717) is 11.3 Å². The van der Waals surface area contributed by atoms with Crippen molar-refractivity contribution >= 4 is 5.91 Å². The quantitative estimate of drug-likeness (QED) is 0.917. The maximum atomic E-state index is 12.2. The molecular formula is C14H16N2O3. The molecule has 1 heterocycles. The Morgan fingerprint density at radius 1 is 1.32 bits per heavy atom. The number of benzene rings is 1. The molecule has 0 aliphatic carbocycles. The molecule has 5 heteroatoms. The van der Waals surface area contributed by atoms with Gasteiger partial charge in [-0.05, 0) is 6.92 Å². The first kappa shape index (κ1) is 13.3. The average molecular weight is 260 g/mol. The lowest BCUT2D eigenvalue weighted by Crippen LogP contribution is -2.23. The molecule has 1 atom stereocenters. The minimum Gasteiger partial charge on any atom is -0.385 e. The number of nitrogens with zero attached hydrogens (tertiary/aromatic N) is 2. The fourth-order valence-electron chi connectivity index (χ4n) is 1.81. The minimum absolute atomic E-state index is 0.192. The number of aliphatic hydroxyl groups is 1. The number of rotatable bonds is 3.